The van der Waals surface area contributed by atoms with Gasteiger partial charge in [0, 0.05) is 5.92 Å². The normalized spacial score (nSPS) is 35.2. The van der Waals surface area contributed by atoms with Crippen LogP contribution in [0.15, 0.2) is 23.0 Å². The van der Waals surface area contributed by atoms with Crippen molar-refractivity contribution in [2.75, 3.05) is 0 Å². The maximum atomic E-state index is 4.44. The lowest BCUT2D eigenvalue weighted by Gasteiger charge is -2.43. The van der Waals surface area contributed by atoms with Crippen LogP contribution in [0.2, 0.25) is 0 Å². The molecule has 0 nitrogen and oxygen atoms in total. The fraction of sp³-hybridized carbons (Fsp3) is 0.733. The second-order valence-corrected chi connectivity index (χ2v) is 5.99. The van der Waals surface area contributed by atoms with Crippen molar-refractivity contribution in [1.29, 1.82) is 0 Å². The van der Waals surface area contributed by atoms with E-state index in [9.17, 15) is 0 Å². The molecule has 16 heavy (non-hydrogen) atoms. The second kappa shape index (κ2) is 5.05. The van der Waals surface area contributed by atoms with Crippen LogP contribution in [0.1, 0.15) is 52.4 Å². The largest absolute Gasteiger partial charge is 0.110 e. The number of hydrogen-bond donors (Lipinski definition) is 0. The van der Waals surface area contributed by atoms with Crippen LogP contribution in [-0.4, -0.2) is 0 Å². The summed E-state index contributed by atoms with van der Waals surface area (Å²) in [4.78, 5) is 0. The van der Waals surface area contributed by atoms with Crippen LogP contribution in [0.5, 0.6) is 0 Å². The molecule has 0 saturated heterocycles. The molecule has 4 atom stereocenters. The van der Waals surface area contributed by atoms with E-state index in [0.717, 1.165) is 11.8 Å². The molecular formula is C15H25P. The third-order valence-electron chi connectivity index (χ3n) is 4.67. The summed E-state index contributed by atoms with van der Waals surface area (Å²) >= 11 is 0. The molecule has 4 unspecified atom stereocenters. The molecule has 0 radical (unpaired) electrons. The highest BCUT2D eigenvalue weighted by Gasteiger charge is 2.37. The Morgan fingerprint density at radius 1 is 1.19 bits per heavy atom. The van der Waals surface area contributed by atoms with Crippen LogP contribution in [0.3, 0.4) is 0 Å². The zero-order valence-corrected chi connectivity index (χ0v) is 11.9. The highest BCUT2D eigenvalue weighted by atomic mass is 31.0. The summed E-state index contributed by atoms with van der Waals surface area (Å²) < 4.78 is 0. The molecule has 1 saturated carbocycles. The Labute approximate surface area is 103 Å². The van der Waals surface area contributed by atoms with Crippen LogP contribution in [-0.2, 0) is 0 Å². The monoisotopic (exact) mass is 236 g/mol. The number of rotatable bonds is 2. The molecule has 0 N–H and O–H groups in total. The van der Waals surface area contributed by atoms with Gasteiger partial charge in [0.2, 0.25) is 0 Å². The van der Waals surface area contributed by atoms with E-state index >= 15 is 0 Å². The molecule has 0 amide bonds. The number of allylic oxidation sites excluding steroid dienone is 3. The van der Waals surface area contributed by atoms with Crippen molar-refractivity contribution in [2.45, 2.75) is 52.4 Å². The molecule has 2 rings (SSSR count). The molecule has 0 aromatic carbocycles. The Bertz CT molecular complexity index is 313. The van der Waals surface area contributed by atoms with Gasteiger partial charge in [-0.25, -0.2) is 0 Å². The van der Waals surface area contributed by atoms with E-state index in [0.29, 0.717) is 5.92 Å². The van der Waals surface area contributed by atoms with Crippen molar-refractivity contribution >= 4 is 9.24 Å². The lowest BCUT2D eigenvalue weighted by molar-refractivity contribution is 0.284. The van der Waals surface area contributed by atoms with Gasteiger partial charge in [-0.3, -0.25) is 0 Å². The van der Waals surface area contributed by atoms with E-state index in [-0.39, 0.29) is 0 Å². The van der Waals surface area contributed by atoms with Gasteiger partial charge in [0.05, 0.1) is 0 Å². The van der Waals surface area contributed by atoms with Crippen LogP contribution < -0.4 is 0 Å². The van der Waals surface area contributed by atoms with E-state index < -0.39 is 0 Å². The molecule has 2 aliphatic rings. The highest BCUT2D eigenvalue weighted by molar-refractivity contribution is 7.22. The van der Waals surface area contributed by atoms with Crippen LogP contribution >= 0.6 is 9.24 Å². The van der Waals surface area contributed by atoms with Gasteiger partial charge in [0.15, 0.2) is 0 Å². The average molecular weight is 236 g/mol. The maximum absolute atomic E-state index is 4.44. The first-order chi connectivity index (χ1) is 7.70. The molecule has 2 aliphatic carbocycles. The first-order valence-electron chi connectivity index (χ1n) is 6.87. The predicted molar refractivity (Wildman–Crippen MR) is 75.4 cm³/mol. The summed E-state index contributed by atoms with van der Waals surface area (Å²) in [5, 5.41) is 1.64. The lowest BCUT2D eigenvalue weighted by Crippen LogP contribution is -2.30. The van der Waals surface area contributed by atoms with E-state index in [1.54, 1.807) is 16.5 Å². The minimum atomic E-state index is 0.678. The summed E-state index contributed by atoms with van der Waals surface area (Å²) in [5.74, 6) is 2.28. The molecule has 90 valence electrons. The van der Waals surface area contributed by atoms with Gasteiger partial charge >= 0.3 is 0 Å². The Balaban J connectivity index is 2.37. The highest BCUT2D eigenvalue weighted by Crippen LogP contribution is 2.51. The molecular weight excluding hydrogens is 211 g/mol. The smallest absolute Gasteiger partial charge is 0.00106 e. The van der Waals surface area contributed by atoms with E-state index in [1.165, 1.54) is 38.5 Å². The topological polar surface area (TPSA) is 0 Å². The van der Waals surface area contributed by atoms with Gasteiger partial charge in [-0.1, -0.05) is 44.4 Å². The number of fused-ring (bicyclic) bond motifs is 1. The van der Waals surface area contributed by atoms with Crippen molar-refractivity contribution in [3.05, 3.63) is 23.0 Å². The van der Waals surface area contributed by atoms with Crippen molar-refractivity contribution in [1.82, 2.24) is 0 Å². The van der Waals surface area contributed by atoms with Gasteiger partial charge in [-0.15, -0.1) is 9.24 Å². The van der Waals surface area contributed by atoms with E-state index in [2.05, 4.69) is 29.7 Å². The zero-order chi connectivity index (χ0) is 11.7. The molecule has 0 aromatic heterocycles. The summed E-state index contributed by atoms with van der Waals surface area (Å²) in [7, 11) is 3.07. The molecule has 0 aliphatic heterocycles. The summed E-state index contributed by atoms with van der Waals surface area (Å²) in [5.41, 5.74) is 3.23. The molecule has 1 fully saturated rings. The minimum absolute atomic E-state index is 0.678. The van der Waals surface area contributed by atoms with Crippen molar-refractivity contribution < 1.29 is 0 Å². The maximum Gasteiger partial charge on any atom is 0.00106 e. The Kier molecular flexibility index (Phi) is 3.90. The van der Waals surface area contributed by atoms with Crippen LogP contribution in [0.25, 0.3) is 0 Å². The fourth-order valence-corrected chi connectivity index (χ4v) is 4.63. The third kappa shape index (κ3) is 1.90. The predicted octanol–water partition coefficient (Wildman–Crippen LogP) is 4.93. The quantitative estimate of drug-likeness (QED) is 0.471. The van der Waals surface area contributed by atoms with Gasteiger partial charge in [-0.2, -0.15) is 0 Å². The van der Waals surface area contributed by atoms with Gasteiger partial charge in [-0.05, 0) is 42.8 Å². The van der Waals surface area contributed by atoms with Crippen molar-refractivity contribution in [3.8, 4) is 0 Å². The molecule has 0 heterocycles. The van der Waals surface area contributed by atoms with Crippen LogP contribution in [0.4, 0.5) is 0 Å². The SMILES string of the molecule is C=C1C(CC)C(CC)=C(P)C2CCCCC12. The minimum Gasteiger partial charge on any atom is -0.110 e. The van der Waals surface area contributed by atoms with Crippen molar-refractivity contribution in [2.24, 2.45) is 17.8 Å². The average Bonchev–Trinajstić information content (AvgIpc) is 2.33. The Morgan fingerprint density at radius 3 is 2.38 bits per heavy atom. The van der Waals surface area contributed by atoms with Crippen LogP contribution in [0, 0.1) is 17.8 Å². The number of hydrogen-bond acceptors (Lipinski definition) is 0. The molecule has 1 heteroatoms. The summed E-state index contributed by atoms with van der Waals surface area (Å²) in [6, 6.07) is 0. The van der Waals surface area contributed by atoms with Gasteiger partial charge in [0.25, 0.3) is 0 Å². The lowest BCUT2D eigenvalue weighted by atomic mass is 9.65. The van der Waals surface area contributed by atoms with E-state index in [4.69, 9.17) is 0 Å². The van der Waals surface area contributed by atoms with E-state index in [1.807, 2.05) is 0 Å². The standard InChI is InChI=1S/C15H25P/c1-4-11-10(3)13-8-6-7-9-14(13)15(16)12(11)5-2/h11,13-14H,3-9,16H2,1-2H3. The zero-order valence-electron chi connectivity index (χ0n) is 10.8. The molecule has 0 aromatic rings. The van der Waals surface area contributed by atoms with Gasteiger partial charge < -0.3 is 0 Å². The molecule has 0 bridgehead atoms. The first kappa shape index (κ1) is 12.4. The van der Waals surface area contributed by atoms with Gasteiger partial charge in [0.1, 0.15) is 0 Å². The Hall–Kier alpha value is -0.0900. The fourth-order valence-electron chi connectivity index (χ4n) is 3.83. The Morgan fingerprint density at radius 2 is 1.81 bits per heavy atom. The van der Waals surface area contributed by atoms with Crippen molar-refractivity contribution in [3.63, 3.8) is 0 Å². The third-order valence-corrected chi connectivity index (χ3v) is 5.47. The second-order valence-electron chi connectivity index (χ2n) is 5.37. The first-order valence-corrected chi connectivity index (χ1v) is 7.45. The molecule has 0 spiro atoms. The summed E-state index contributed by atoms with van der Waals surface area (Å²) in [6.07, 6.45) is 8.05. The summed E-state index contributed by atoms with van der Waals surface area (Å²) in [6.45, 7) is 9.06.